The van der Waals surface area contributed by atoms with Crippen molar-refractivity contribution in [3.05, 3.63) is 0 Å². The fraction of sp³-hybridized carbons (Fsp3) is 1.00. The second-order valence-corrected chi connectivity index (χ2v) is 8.47. The van der Waals surface area contributed by atoms with Crippen LogP contribution < -0.4 is 0 Å². The molecule has 1 N–H and O–H groups in total. The van der Waals surface area contributed by atoms with Gasteiger partial charge in [-0.15, -0.1) is 0 Å². The van der Waals surface area contributed by atoms with Gasteiger partial charge in [-0.05, 0) is 0 Å². The maximum atomic E-state index is 9.19. The van der Waals surface area contributed by atoms with Gasteiger partial charge in [-0.1, -0.05) is 38.9 Å². The molecule has 0 bridgehead atoms. The first-order chi connectivity index (χ1) is 5.35. The Bertz CT molecular complexity index is 160. The Hall–Kier alpha value is 0.127. The molecule has 0 aromatic carbocycles. The zero-order chi connectivity index (χ0) is 10.2. The van der Waals surface area contributed by atoms with Crippen molar-refractivity contribution in [2.24, 2.45) is 0 Å². The molecule has 0 rings (SSSR count). The van der Waals surface area contributed by atoms with E-state index in [1.165, 1.54) is 18.1 Å². The van der Waals surface area contributed by atoms with Crippen LogP contribution in [0.1, 0.15) is 20.8 Å². The summed E-state index contributed by atoms with van der Waals surface area (Å²) in [6, 6.07) is 4.48. The minimum atomic E-state index is -3.67. The molecule has 0 amide bonds. The average Bonchev–Trinajstić information content (AvgIpc) is 1.88. The van der Waals surface area contributed by atoms with Crippen LogP contribution in [-0.4, -0.2) is 28.0 Å². The van der Waals surface area contributed by atoms with Crippen LogP contribution in [0.25, 0.3) is 0 Å². The lowest BCUT2D eigenvalue weighted by atomic mass is 10.9. The van der Waals surface area contributed by atoms with Crippen LogP contribution in [-0.2, 0) is 10.1 Å². The molecule has 0 unspecified atom stereocenters. The van der Waals surface area contributed by atoms with Gasteiger partial charge in [0, 0.05) is 8.80 Å². The van der Waals surface area contributed by atoms with Crippen molar-refractivity contribution < 1.29 is 13.0 Å². The third kappa shape index (κ3) is 22.5. The van der Waals surface area contributed by atoms with Gasteiger partial charge < -0.3 is 0 Å². The van der Waals surface area contributed by atoms with Crippen molar-refractivity contribution in [3.8, 4) is 0 Å². The Morgan fingerprint density at radius 2 is 1.25 bits per heavy atom. The molecular weight excluding hydrogens is 192 g/mol. The summed E-state index contributed by atoms with van der Waals surface area (Å²) in [5.41, 5.74) is 0. The van der Waals surface area contributed by atoms with E-state index in [4.69, 9.17) is 4.55 Å². The number of rotatable bonds is 3. The van der Waals surface area contributed by atoms with Crippen LogP contribution in [0.3, 0.4) is 0 Å². The Balaban J connectivity index is 0. The minimum absolute atomic E-state index is 0.171. The SMILES string of the molecule is CC[SiH](CC)CC.CS(=O)(=O)O. The summed E-state index contributed by atoms with van der Waals surface area (Å²) < 4.78 is 25.9. The van der Waals surface area contributed by atoms with Crippen molar-refractivity contribution in [2.45, 2.75) is 38.9 Å². The van der Waals surface area contributed by atoms with E-state index in [1.54, 1.807) is 0 Å². The van der Waals surface area contributed by atoms with Gasteiger partial charge in [0.1, 0.15) is 0 Å². The second-order valence-electron chi connectivity index (χ2n) is 2.82. The lowest BCUT2D eigenvalue weighted by Gasteiger charge is -2.03. The molecule has 12 heavy (non-hydrogen) atoms. The highest BCUT2D eigenvalue weighted by atomic mass is 32.2. The van der Waals surface area contributed by atoms with E-state index in [0.29, 0.717) is 6.26 Å². The van der Waals surface area contributed by atoms with E-state index in [0.717, 1.165) is 0 Å². The highest BCUT2D eigenvalue weighted by Gasteiger charge is 1.98. The molecule has 0 aromatic heterocycles. The van der Waals surface area contributed by atoms with Gasteiger partial charge in [0.05, 0.1) is 6.26 Å². The lowest BCUT2D eigenvalue weighted by molar-refractivity contribution is 0.490. The van der Waals surface area contributed by atoms with Gasteiger partial charge in [-0.25, -0.2) is 0 Å². The van der Waals surface area contributed by atoms with Gasteiger partial charge in [0.2, 0.25) is 0 Å². The summed E-state index contributed by atoms with van der Waals surface area (Å²) in [5, 5.41) is 0. The smallest absolute Gasteiger partial charge is 0.261 e. The Kier molecular flexibility index (Phi) is 9.47. The summed E-state index contributed by atoms with van der Waals surface area (Å²) in [6.45, 7) is 6.97. The second kappa shape index (κ2) is 7.76. The topological polar surface area (TPSA) is 54.4 Å². The van der Waals surface area contributed by atoms with Crippen LogP contribution in [0.4, 0.5) is 0 Å². The molecule has 0 aliphatic rings. The van der Waals surface area contributed by atoms with Crippen molar-refractivity contribution in [3.63, 3.8) is 0 Å². The standard InChI is InChI=1S/C6H16Si.CH4O3S/c1-4-7(5-2)6-3;1-5(2,3)4/h7H,4-6H2,1-3H3;1H3,(H,2,3,4). The third-order valence-electron chi connectivity index (χ3n) is 1.73. The molecule has 0 saturated carbocycles. The predicted molar refractivity (Wildman–Crippen MR) is 56.1 cm³/mol. The van der Waals surface area contributed by atoms with Crippen molar-refractivity contribution in [1.29, 1.82) is 0 Å². The van der Waals surface area contributed by atoms with Gasteiger partial charge in [0.25, 0.3) is 10.1 Å². The van der Waals surface area contributed by atoms with Gasteiger partial charge in [0.15, 0.2) is 0 Å². The Labute approximate surface area is 77.5 Å². The van der Waals surface area contributed by atoms with Gasteiger partial charge in [-0.2, -0.15) is 8.42 Å². The van der Waals surface area contributed by atoms with Gasteiger partial charge >= 0.3 is 0 Å². The molecule has 0 radical (unpaired) electrons. The van der Waals surface area contributed by atoms with E-state index < -0.39 is 10.1 Å². The summed E-state index contributed by atoms with van der Waals surface area (Å²) in [6.07, 6.45) is 0.715. The summed E-state index contributed by atoms with van der Waals surface area (Å²) in [4.78, 5) is 0. The van der Waals surface area contributed by atoms with E-state index in [2.05, 4.69) is 20.8 Å². The maximum Gasteiger partial charge on any atom is 0.261 e. The molecule has 0 fully saturated rings. The molecule has 0 atom stereocenters. The summed E-state index contributed by atoms with van der Waals surface area (Å²) in [7, 11) is -3.84. The average molecular weight is 212 g/mol. The van der Waals surface area contributed by atoms with Crippen molar-refractivity contribution in [2.75, 3.05) is 6.26 Å². The van der Waals surface area contributed by atoms with Crippen LogP contribution in [0.15, 0.2) is 0 Å². The monoisotopic (exact) mass is 212 g/mol. The normalized spacial score (nSPS) is 10.8. The first-order valence-corrected chi connectivity index (χ1v) is 8.57. The van der Waals surface area contributed by atoms with E-state index >= 15 is 0 Å². The summed E-state index contributed by atoms with van der Waals surface area (Å²) in [5.74, 6) is 0. The minimum Gasteiger partial charge on any atom is -0.286 e. The fourth-order valence-electron chi connectivity index (χ4n) is 0.866. The number of hydrogen-bond donors (Lipinski definition) is 1. The summed E-state index contributed by atoms with van der Waals surface area (Å²) >= 11 is 0. The van der Waals surface area contributed by atoms with Crippen LogP contribution >= 0.6 is 0 Å². The molecule has 0 heterocycles. The van der Waals surface area contributed by atoms with Gasteiger partial charge in [-0.3, -0.25) is 4.55 Å². The molecule has 0 saturated heterocycles. The molecule has 5 heteroatoms. The maximum absolute atomic E-state index is 9.19. The molecule has 0 aliphatic heterocycles. The highest BCUT2D eigenvalue weighted by molar-refractivity contribution is 7.85. The fourth-order valence-corrected chi connectivity index (χ4v) is 2.60. The molecule has 0 aliphatic carbocycles. The molecule has 0 spiro atoms. The number of hydrogen-bond acceptors (Lipinski definition) is 2. The highest BCUT2D eigenvalue weighted by Crippen LogP contribution is 2.01. The Morgan fingerprint density at radius 1 is 1.08 bits per heavy atom. The lowest BCUT2D eigenvalue weighted by Crippen LogP contribution is -2.04. The first kappa shape index (κ1) is 14.6. The van der Waals surface area contributed by atoms with Crippen LogP contribution in [0, 0.1) is 0 Å². The van der Waals surface area contributed by atoms with Crippen molar-refractivity contribution in [1.82, 2.24) is 0 Å². The largest absolute Gasteiger partial charge is 0.286 e. The molecule has 3 nitrogen and oxygen atoms in total. The first-order valence-electron chi connectivity index (χ1n) is 4.27. The molecule has 0 aromatic rings. The van der Waals surface area contributed by atoms with Crippen LogP contribution in [0.2, 0.25) is 18.1 Å². The predicted octanol–water partition coefficient (Wildman–Crippen LogP) is 1.78. The van der Waals surface area contributed by atoms with E-state index in [-0.39, 0.29) is 8.80 Å². The Morgan fingerprint density at radius 3 is 1.25 bits per heavy atom. The zero-order valence-corrected chi connectivity index (χ0v) is 10.3. The molecular formula is C7H20O3SSi. The van der Waals surface area contributed by atoms with Crippen LogP contribution in [0.5, 0.6) is 0 Å². The van der Waals surface area contributed by atoms with Crippen molar-refractivity contribution >= 4 is 18.9 Å². The van der Waals surface area contributed by atoms with E-state index in [1.807, 2.05) is 0 Å². The molecule has 76 valence electrons. The van der Waals surface area contributed by atoms with E-state index in [9.17, 15) is 8.42 Å². The third-order valence-corrected chi connectivity index (χ3v) is 5.20. The quantitative estimate of drug-likeness (QED) is 0.573. The zero-order valence-electron chi connectivity index (χ0n) is 8.37.